The summed E-state index contributed by atoms with van der Waals surface area (Å²) in [6.07, 6.45) is 3.66. The zero-order valence-corrected chi connectivity index (χ0v) is 17.7. The molecule has 2 radical (unpaired) electrons. The molecule has 144 valence electrons. The van der Waals surface area contributed by atoms with Gasteiger partial charge in [0.15, 0.2) is 0 Å². The van der Waals surface area contributed by atoms with Gasteiger partial charge in [0.05, 0.1) is 0 Å². The second-order valence-electron chi connectivity index (χ2n) is 7.71. The Balaban J connectivity index is 0.000000146. The van der Waals surface area contributed by atoms with E-state index >= 15 is 0 Å². The van der Waals surface area contributed by atoms with Crippen LogP contribution in [0, 0.1) is 20.8 Å². The van der Waals surface area contributed by atoms with Gasteiger partial charge in [0, 0.05) is 18.0 Å². The van der Waals surface area contributed by atoms with Gasteiger partial charge in [0.1, 0.15) is 7.85 Å². The number of benzene rings is 4. The molecule has 30 heavy (non-hydrogen) atoms. The van der Waals surface area contributed by atoms with Crippen LogP contribution in [-0.4, -0.2) is 12.8 Å². The van der Waals surface area contributed by atoms with Crippen molar-refractivity contribution in [3.8, 4) is 11.1 Å². The van der Waals surface area contributed by atoms with Crippen LogP contribution < -0.4 is 5.46 Å². The third-order valence-electron chi connectivity index (χ3n) is 5.60. The minimum absolute atomic E-state index is 0.879. The molecule has 0 saturated heterocycles. The summed E-state index contributed by atoms with van der Waals surface area (Å²) in [5.74, 6) is 0. The Morgan fingerprint density at radius 1 is 0.633 bits per heavy atom. The van der Waals surface area contributed by atoms with Crippen LogP contribution >= 0.6 is 0 Å². The van der Waals surface area contributed by atoms with Gasteiger partial charge in [-0.25, -0.2) is 0 Å². The number of pyridine rings is 1. The lowest BCUT2D eigenvalue weighted by Gasteiger charge is -2.15. The molecule has 0 fully saturated rings. The van der Waals surface area contributed by atoms with E-state index in [1.165, 1.54) is 32.7 Å². The number of nitrogens with zero attached hydrogens (tertiary/aromatic N) is 1. The van der Waals surface area contributed by atoms with Crippen LogP contribution in [0.3, 0.4) is 0 Å². The fourth-order valence-electron chi connectivity index (χ4n) is 4.04. The molecule has 1 heterocycles. The molecule has 5 aromatic rings. The predicted octanol–water partition coefficient (Wildman–Crippen LogP) is 6.46. The Morgan fingerprint density at radius 2 is 1.17 bits per heavy atom. The zero-order valence-electron chi connectivity index (χ0n) is 17.7. The number of rotatable bonds is 1. The molecule has 0 bridgehead atoms. The van der Waals surface area contributed by atoms with Gasteiger partial charge in [0.2, 0.25) is 0 Å². The number of fused-ring (bicyclic) bond motifs is 2. The molecule has 0 spiro atoms. The first kappa shape index (κ1) is 19.9. The molecule has 2 heteroatoms. The van der Waals surface area contributed by atoms with E-state index in [-0.39, 0.29) is 0 Å². The first-order chi connectivity index (χ1) is 14.5. The molecule has 0 aliphatic rings. The zero-order chi connectivity index (χ0) is 21.1. The lowest BCUT2D eigenvalue weighted by molar-refractivity contribution is 1.30. The van der Waals surface area contributed by atoms with E-state index < -0.39 is 0 Å². The quantitative estimate of drug-likeness (QED) is 0.238. The second-order valence-corrected chi connectivity index (χ2v) is 7.71. The van der Waals surface area contributed by atoms with Crippen molar-refractivity contribution in [1.29, 1.82) is 0 Å². The number of hydrogen-bond acceptors (Lipinski definition) is 1. The normalized spacial score (nSPS) is 10.6. The number of aryl methyl sites for hydroxylation is 2. The summed E-state index contributed by atoms with van der Waals surface area (Å²) in [6, 6.07) is 27.6. The van der Waals surface area contributed by atoms with E-state index in [1.54, 1.807) is 6.20 Å². The highest BCUT2D eigenvalue weighted by atomic mass is 14.6. The Labute approximate surface area is 179 Å². The fourth-order valence-corrected chi connectivity index (χ4v) is 4.04. The lowest BCUT2D eigenvalue weighted by Crippen LogP contribution is -2.14. The molecule has 4 aromatic carbocycles. The van der Waals surface area contributed by atoms with Crippen molar-refractivity contribution in [3.63, 3.8) is 0 Å². The molecular formula is C28H24BN. The topological polar surface area (TPSA) is 12.9 Å². The van der Waals surface area contributed by atoms with Crippen molar-refractivity contribution >= 4 is 34.9 Å². The molecule has 0 aliphatic carbocycles. The first-order valence-electron chi connectivity index (χ1n) is 10.2. The summed E-state index contributed by atoms with van der Waals surface area (Å²) in [4.78, 5) is 4.15. The van der Waals surface area contributed by atoms with Crippen molar-refractivity contribution in [2.24, 2.45) is 0 Å². The minimum atomic E-state index is 0.879. The summed E-state index contributed by atoms with van der Waals surface area (Å²) < 4.78 is 0. The average Bonchev–Trinajstić information content (AvgIpc) is 2.77. The largest absolute Gasteiger partial charge is 0.264 e. The highest BCUT2D eigenvalue weighted by Gasteiger charge is 2.09. The minimum Gasteiger partial charge on any atom is -0.264 e. The maximum atomic E-state index is 6.07. The van der Waals surface area contributed by atoms with Gasteiger partial charge in [0.25, 0.3) is 0 Å². The third kappa shape index (κ3) is 4.00. The van der Waals surface area contributed by atoms with Gasteiger partial charge in [-0.2, -0.15) is 0 Å². The Hall–Kier alpha value is -3.39. The van der Waals surface area contributed by atoms with E-state index in [0.29, 0.717) is 0 Å². The first-order valence-corrected chi connectivity index (χ1v) is 10.2. The Bertz CT molecular complexity index is 1220. The summed E-state index contributed by atoms with van der Waals surface area (Å²) in [5, 5.41) is 5.25. The van der Waals surface area contributed by atoms with Crippen molar-refractivity contribution in [2.75, 3.05) is 0 Å². The van der Waals surface area contributed by atoms with Crippen molar-refractivity contribution < 1.29 is 0 Å². The molecule has 1 nitrogen and oxygen atoms in total. The van der Waals surface area contributed by atoms with Crippen molar-refractivity contribution in [2.45, 2.75) is 20.8 Å². The molecule has 5 rings (SSSR count). The van der Waals surface area contributed by atoms with Crippen LogP contribution in [0.1, 0.15) is 16.7 Å². The third-order valence-corrected chi connectivity index (χ3v) is 5.60. The monoisotopic (exact) mass is 385 g/mol. The molecule has 1 aromatic heterocycles. The van der Waals surface area contributed by atoms with E-state index in [9.17, 15) is 0 Å². The van der Waals surface area contributed by atoms with Crippen LogP contribution in [0.5, 0.6) is 0 Å². The van der Waals surface area contributed by atoms with Crippen LogP contribution in [0.2, 0.25) is 0 Å². The van der Waals surface area contributed by atoms with Gasteiger partial charge < -0.3 is 0 Å². The summed E-state index contributed by atoms with van der Waals surface area (Å²) in [7, 11) is 6.07. The van der Waals surface area contributed by atoms with Gasteiger partial charge in [-0.05, 0) is 77.2 Å². The van der Waals surface area contributed by atoms with Gasteiger partial charge in [-0.3, -0.25) is 4.98 Å². The second kappa shape index (κ2) is 8.55. The van der Waals surface area contributed by atoms with Crippen molar-refractivity contribution in [1.82, 2.24) is 4.98 Å². The number of aromatic nitrogens is 1. The van der Waals surface area contributed by atoms with Crippen LogP contribution in [-0.2, 0) is 0 Å². The standard InChI is InChI=1S/C14H14BN.C14H10/c1-9-7-10(2)14(15)11(3)13(9)12-5-4-6-16-8-12;1-2-6-12-10-14-8-4-3-7-13(14)9-11(12)5-1/h4-8H,1-3H3;1-10H. The van der Waals surface area contributed by atoms with Gasteiger partial charge in [-0.1, -0.05) is 71.7 Å². The SMILES string of the molecule is [B]c1c(C)cc(C)c(-c2cccnc2)c1C.c1ccc2cc3ccccc3cc2c1. The van der Waals surface area contributed by atoms with E-state index in [4.69, 9.17) is 7.85 Å². The molecule has 0 amide bonds. The van der Waals surface area contributed by atoms with Crippen LogP contribution in [0.25, 0.3) is 32.7 Å². The lowest BCUT2D eigenvalue weighted by atomic mass is 9.81. The fraction of sp³-hybridized carbons (Fsp3) is 0.107. The summed E-state index contributed by atoms with van der Waals surface area (Å²) in [6.45, 7) is 6.22. The van der Waals surface area contributed by atoms with E-state index in [0.717, 1.165) is 22.2 Å². The van der Waals surface area contributed by atoms with Crippen LogP contribution in [0.15, 0.2) is 91.3 Å². The molecular weight excluding hydrogens is 361 g/mol. The molecule has 0 atom stereocenters. The summed E-state index contributed by atoms with van der Waals surface area (Å²) >= 11 is 0. The number of hydrogen-bond donors (Lipinski definition) is 0. The van der Waals surface area contributed by atoms with E-state index in [1.807, 2.05) is 19.2 Å². The van der Waals surface area contributed by atoms with Crippen LogP contribution in [0.4, 0.5) is 0 Å². The Morgan fingerprint density at radius 3 is 1.63 bits per heavy atom. The predicted molar refractivity (Wildman–Crippen MR) is 131 cm³/mol. The van der Waals surface area contributed by atoms with Crippen molar-refractivity contribution in [3.05, 3.63) is 108 Å². The smallest absolute Gasteiger partial charge is 0.114 e. The van der Waals surface area contributed by atoms with Gasteiger partial charge in [-0.15, -0.1) is 0 Å². The highest BCUT2D eigenvalue weighted by molar-refractivity contribution is 6.35. The molecule has 0 unspecified atom stereocenters. The molecule has 0 aliphatic heterocycles. The molecule has 0 N–H and O–H groups in total. The maximum absolute atomic E-state index is 6.07. The Kier molecular flexibility index (Phi) is 5.67. The van der Waals surface area contributed by atoms with Gasteiger partial charge >= 0.3 is 0 Å². The van der Waals surface area contributed by atoms with E-state index in [2.05, 4.69) is 91.6 Å². The molecule has 0 saturated carbocycles. The highest BCUT2D eigenvalue weighted by Crippen LogP contribution is 2.26. The average molecular weight is 385 g/mol. The maximum Gasteiger partial charge on any atom is 0.114 e. The summed E-state index contributed by atoms with van der Waals surface area (Å²) in [5.41, 5.74) is 6.75.